The maximum atomic E-state index is 10.7. The van der Waals surface area contributed by atoms with Crippen molar-refractivity contribution < 1.29 is 9.84 Å². The lowest BCUT2D eigenvalue weighted by molar-refractivity contribution is 0.0330. The maximum Gasteiger partial charge on any atom is 0.119 e. The average molecular weight is 263 g/mol. The Morgan fingerprint density at radius 2 is 2.26 bits per heavy atom. The van der Waals surface area contributed by atoms with Crippen LogP contribution in [0.3, 0.4) is 0 Å². The van der Waals surface area contributed by atoms with Gasteiger partial charge in [0.2, 0.25) is 0 Å². The normalized spacial score (nSPS) is 22.8. The molecule has 1 aromatic rings. The number of aliphatic hydroxyl groups is 1. The second kappa shape index (κ2) is 6.40. The number of piperidine rings is 1. The molecule has 0 amide bonds. The van der Waals surface area contributed by atoms with Gasteiger partial charge >= 0.3 is 0 Å². The van der Waals surface area contributed by atoms with Crippen molar-refractivity contribution in [3.8, 4) is 5.75 Å². The minimum absolute atomic E-state index is 0.416. The molecule has 0 saturated carbocycles. The highest BCUT2D eigenvalue weighted by Crippen LogP contribution is 2.30. The van der Waals surface area contributed by atoms with Crippen molar-refractivity contribution in [3.05, 3.63) is 29.8 Å². The Hall–Kier alpha value is -1.06. The molecule has 0 aromatic heterocycles. The van der Waals surface area contributed by atoms with Crippen molar-refractivity contribution in [1.82, 2.24) is 5.32 Å². The van der Waals surface area contributed by atoms with Crippen molar-refractivity contribution in [3.63, 3.8) is 0 Å². The summed E-state index contributed by atoms with van der Waals surface area (Å²) in [6, 6.07) is 8.22. The van der Waals surface area contributed by atoms with Gasteiger partial charge in [0.15, 0.2) is 0 Å². The summed E-state index contributed by atoms with van der Waals surface area (Å²) in [6.07, 6.45) is 4.41. The van der Waals surface area contributed by atoms with Crippen LogP contribution < -0.4 is 10.1 Å². The molecule has 0 aliphatic carbocycles. The molecule has 1 saturated heterocycles. The lowest BCUT2D eigenvalue weighted by Gasteiger charge is -2.32. The van der Waals surface area contributed by atoms with Crippen molar-refractivity contribution in [2.24, 2.45) is 0 Å². The van der Waals surface area contributed by atoms with Crippen LogP contribution in [0.15, 0.2) is 24.3 Å². The quantitative estimate of drug-likeness (QED) is 0.858. The molecule has 2 atom stereocenters. The van der Waals surface area contributed by atoms with Gasteiger partial charge in [-0.15, -0.1) is 0 Å². The Kier molecular flexibility index (Phi) is 4.83. The van der Waals surface area contributed by atoms with Crippen LogP contribution in [0.1, 0.15) is 45.1 Å². The van der Waals surface area contributed by atoms with Gasteiger partial charge < -0.3 is 15.2 Å². The molecule has 2 N–H and O–H groups in total. The molecule has 0 radical (unpaired) electrons. The summed E-state index contributed by atoms with van der Waals surface area (Å²) >= 11 is 0. The van der Waals surface area contributed by atoms with Crippen molar-refractivity contribution in [1.29, 1.82) is 0 Å². The predicted octanol–water partition coefficient (Wildman–Crippen LogP) is 2.83. The first-order chi connectivity index (χ1) is 9.12. The van der Waals surface area contributed by atoms with E-state index >= 15 is 0 Å². The molecule has 19 heavy (non-hydrogen) atoms. The van der Waals surface area contributed by atoms with Crippen LogP contribution in [-0.4, -0.2) is 24.3 Å². The van der Waals surface area contributed by atoms with Gasteiger partial charge in [-0.2, -0.15) is 0 Å². The number of ether oxygens (including phenoxy) is 1. The van der Waals surface area contributed by atoms with Gasteiger partial charge in [-0.05, 0) is 57.4 Å². The first-order valence-corrected chi connectivity index (χ1v) is 7.31. The Bertz CT molecular complexity index is 397. The smallest absolute Gasteiger partial charge is 0.119 e. The maximum absolute atomic E-state index is 10.7. The Morgan fingerprint density at radius 3 is 2.95 bits per heavy atom. The Morgan fingerprint density at radius 1 is 1.42 bits per heavy atom. The van der Waals surface area contributed by atoms with E-state index in [1.807, 2.05) is 38.1 Å². The molecular formula is C16H25NO2. The van der Waals surface area contributed by atoms with Crippen LogP contribution in [0.25, 0.3) is 0 Å². The summed E-state index contributed by atoms with van der Waals surface area (Å²) in [5.41, 5.74) is 0.132. The minimum atomic E-state index is -0.803. The zero-order chi connectivity index (χ0) is 13.7. The molecule has 106 valence electrons. The van der Waals surface area contributed by atoms with E-state index in [0.29, 0.717) is 12.6 Å². The van der Waals surface area contributed by atoms with Crippen LogP contribution in [0.4, 0.5) is 0 Å². The monoisotopic (exact) mass is 263 g/mol. The van der Waals surface area contributed by atoms with Crippen LogP contribution >= 0.6 is 0 Å². The van der Waals surface area contributed by atoms with E-state index in [1.54, 1.807) is 0 Å². The first-order valence-electron chi connectivity index (χ1n) is 7.31. The molecule has 1 aliphatic heterocycles. The first kappa shape index (κ1) is 14.4. The second-order valence-electron chi connectivity index (χ2n) is 5.59. The lowest BCUT2D eigenvalue weighted by atomic mass is 9.86. The Labute approximate surface area is 116 Å². The van der Waals surface area contributed by atoms with E-state index in [1.165, 1.54) is 12.8 Å². The average Bonchev–Trinajstić information content (AvgIpc) is 2.40. The number of rotatable bonds is 5. The highest BCUT2D eigenvalue weighted by atomic mass is 16.5. The molecule has 2 unspecified atom stereocenters. The van der Waals surface area contributed by atoms with Gasteiger partial charge in [0, 0.05) is 6.04 Å². The summed E-state index contributed by atoms with van der Waals surface area (Å²) in [5, 5.41) is 14.2. The summed E-state index contributed by atoms with van der Waals surface area (Å²) < 4.78 is 5.50. The van der Waals surface area contributed by atoms with Crippen molar-refractivity contribution >= 4 is 0 Å². The Balaban J connectivity index is 2.06. The number of benzene rings is 1. The summed E-state index contributed by atoms with van der Waals surface area (Å²) in [4.78, 5) is 0. The third kappa shape index (κ3) is 3.95. The summed E-state index contributed by atoms with van der Waals surface area (Å²) in [7, 11) is 0. The fourth-order valence-electron chi connectivity index (χ4n) is 2.78. The highest BCUT2D eigenvalue weighted by Gasteiger charge is 2.28. The predicted molar refractivity (Wildman–Crippen MR) is 77.4 cm³/mol. The zero-order valence-corrected chi connectivity index (χ0v) is 12.0. The van der Waals surface area contributed by atoms with Crippen molar-refractivity contribution in [2.45, 2.75) is 51.2 Å². The van der Waals surface area contributed by atoms with E-state index in [9.17, 15) is 5.11 Å². The third-order valence-corrected chi connectivity index (χ3v) is 3.82. The highest BCUT2D eigenvalue weighted by molar-refractivity contribution is 5.32. The van der Waals surface area contributed by atoms with Gasteiger partial charge in [0.25, 0.3) is 0 Å². The second-order valence-corrected chi connectivity index (χ2v) is 5.59. The SMILES string of the molecule is CCOc1cccc(C(C)(O)CC2CCCCN2)c1. The molecule has 0 bridgehead atoms. The number of hydrogen-bond donors (Lipinski definition) is 2. The van der Waals surface area contributed by atoms with Crippen LogP contribution in [-0.2, 0) is 5.60 Å². The molecule has 1 heterocycles. The minimum Gasteiger partial charge on any atom is -0.494 e. The summed E-state index contributed by atoms with van der Waals surface area (Å²) in [6.45, 7) is 5.58. The molecule has 1 aliphatic rings. The van der Waals surface area contributed by atoms with Crippen LogP contribution in [0.2, 0.25) is 0 Å². The fourth-order valence-corrected chi connectivity index (χ4v) is 2.78. The topological polar surface area (TPSA) is 41.5 Å². The molecule has 1 aromatic carbocycles. The van der Waals surface area contributed by atoms with E-state index < -0.39 is 5.60 Å². The van der Waals surface area contributed by atoms with Gasteiger partial charge in [-0.3, -0.25) is 0 Å². The van der Waals surface area contributed by atoms with Crippen LogP contribution in [0.5, 0.6) is 5.75 Å². The van der Waals surface area contributed by atoms with Gasteiger partial charge in [0.05, 0.1) is 12.2 Å². The van der Waals surface area contributed by atoms with Crippen LogP contribution in [0, 0.1) is 0 Å². The van der Waals surface area contributed by atoms with E-state index in [-0.39, 0.29) is 0 Å². The third-order valence-electron chi connectivity index (χ3n) is 3.82. The van der Waals surface area contributed by atoms with Gasteiger partial charge in [-0.25, -0.2) is 0 Å². The van der Waals surface area contributed by atoms with Gasteiger partial charge in [-0.1, -0.05) is 18.6 Å². The fraction of sp³-hybridized carbons (Fsp3) is 0.625. The number of hydrogen-bond acceptors (Lipinski definition) is 3. The molecule has 3 heteroatoms. The van der Waals surface area contributed by atoms with E-state index in [4.69, 9.17) is 4.74 Å². The van der Waals surface area contributed by atoms with E-state index in [2.05, 4.69) is 5.32 Å². The summed E-state index contributed by atoms with van der Waals surface area (Å²) in [5.74, 6) is 0.830. The largest absolute Gasteiger partial charge is 0.494 e. The molecular weight excluding hydrogens is 238 g/mol. The van der Waals surface area contributed by atoms with Gasteiger partial charge in [0.1, 0.15) is 5.75 Å². The molecule has 3 nitrogen and oxygen atoms in total. The van der Waals surface area contributed by atoms with Crippen molar-refractivity contribution in [2.75, 3.05) is 13.2 Å². The lowest BCUT2D eigenvalue weighted by Crippen LogP contribution is -2.39. The standard InChI is InChI=1S/C16H25NO2/c1-3-19-15-9-6-7-13(11-15)16(2,18)12-14-8-4-5-10-17-14/h6-7,9,11,14,17-18H,3-5,8,10,12H2,1-2H3. The molecule has 0 spiro atoms. The number of nitrogens with one attached hydrogen (secondary N) is 1. The molecule has 1 fully saturated rings. The zero-order valence-electron chi connectivity index (χ0n) is 12.0. The molecule has 2 rings (SSSR count). The van der Waals surface area contributed by atoms with E-state index in [0.717, 1.165) is 30.7 Å².